The number of hydrogen-bond acceptors (Lipinski definition) is 4. The van der Waals surface area contributed by atoms with Crippen LogP contribution in [0.3, 0.4) is 0 Å². The second kappa shape index (κ2) is 10.3. The monoisotopic (exact) mass is 622 g/mol. The maximum absolute atomic E-state index is 14.0. The van der Waals surface area contributed by atoms with E-state index in [1.165, 1.54) is 0 Å². The molecule has 0 spiro atoms. The van der Waals surface area contributed by atoms with Gasteiger partial charge in [-0.25, -0.2) is 4.99 Å². The molecule has 0 saturated carbocycles. The molecule has 1 N–H and O–H groups in total. The molecule has 0 aromatic heterocycles. The van der Waals surface area contributed by atoms with Crippen molar-refractivity contribution < 1.29 is 44.3 Å². The zero-order valence-corrected chi connectivity index (χ0v) is 20.6. The molecule has 2 aliphatic heterocycles. The lowest BCUT2D eigenvalue weighted by Crippen LogP contribution is -2.44. The fourth-order valence-corrected chi connectivity index (χ4v) is 4.41. The topological polar surface area (TPSA) is 57.1 Å². The largest absolute Gasteiger partial charge is 0.451 e. The molecule has 0 aliphatic carbocycles. The predicted octanol–water partition coefficient (Wildman–Crippen LogP) is 7.09. The number of alkyl halides is 11. The van der Waals surface area contributed by atoms with Gasteiger partial charge in [0, 0.05) is 12.1 Å². The first-order valence-electron chi connectivity index (χ1n) is 9.80. The molecule has 0 radical (unpaired) electrons. The Labute approximate surface area is 221 Å². The third-order valence-electron chi connectivity index (χ3n) is 5.04. The predicted molar refractivity (Wildman–Crippen MR) is 119 cm³/mol. The van der Waals surface area contributed by atoms with Crippen molar-refractivity contribution in [3.63, 3.8) is 0 Å². The highest BCUT2D eigenvalue weighted by atomic mass is 35.5. The summed E-state index contributed by atoms with van der Waals surface area (Å²) in [7, 11) is 0. The molecule has 2 heterocycles. The van der Waals surface area contributed by atoms with Gasteiger partial charge in [0.05, 0.1) is 27.3 Å². The van der Waals surface area contributed by atoms with Crippen molar-refractivity contribution >= 4 is 69.5 Å². The van der Waals surface area contributed by atoms with Gasteiger partial charge in [-0.2, -0.15) is 39.5 Å². The molecule has 0 bridgehead atoms. The molecule has 1 atom stereocenters. The summed E-state index contributed by atoms with van der Waals surface area (Å²) < 4.78 is 121. The minimum atomic E-state index is -5.49. The lowest BCUT2D eigenvalue weighted by atomic mass is 9.96. The van der Waals surface area contributed by atoms with Crippen molar-refractivity contribution in [1.29, 1.82) is 0 Å². The van der Waals surface area contributed by atoms with Crippen molar-refractivity contribution in [2.45, 2.75) is 42.2 Å². The molecule has 0 saturated heterocycles. The highest BCUT2D eigenvalue weighted by molar-refractivity contribution is 6.53. The Morgan fingerprint density at radius 3 is 2.00 bits per heavy atom. The molecular formula is C19H11Cl4F9N4O. The number of carbonyl (C=O) groups excluding carboxylic acids is 1. The van der Waals surface area contributed by atoms with Crippen LogP contribution < -0.4 is 10.2 Å². The van der Waals surface area contributed by atoms with Gasteiger partial charge in [0.15, 0.2) is 10.5 Å². The Hall–Kier alpha value is -1.90. The Balaban J connectivity index is 2.35. The second-order valence-corrected chi connectivity index (χ2v) is 9.47. The van der Waals surface area contributed by atoms with Crippen molar-refractivity contribution in [3.05, 3.63) is 39.1 Å². The van der Waals surface area contributed by atoms with Crippen LogP contribution >= 0.6 is 46.4 Å². The van der Waals surface area contributed by atoms with Gasteiger partial charge >= 0.3 is 18.5 Å². The lowest BCUT2D eigenvalue weighted by molar-refractivity contribution is -0.137. The van der Waals surface area contributed by atoms with E-state index in [4.69, 9.17) is 46.4 Å². The first-order valence-corrected chi connectivity index (χ1v) is 11.4. The lowest BCUT2D eigenvalue weighted by Gasteiger charge is -2.32. The minimum absolute atomic E-state index is 0.161. The van der Waals surface area contributed by atoms with Crippen molar-refractivity contribution in [2.75, 3.05) is 11.4 Å². The van der Waals surface area contributed by atoms with Gasteiger partial charge < -0.3 is 10.2 Å². The molecule has 1 aromatic rings. The summed E-state index contributed by atoms with van der Waals surface area (Å²) in [5.74, 6) is -4.20. The number of benzene rings is 1. The van der Waals surface area contributed by atoms with Gasteiger partial charge in [-0.1, -0.05) is 46.4 Å². The van der Waals surface area contributed by atoms with Crippen LogP contribution in [0.1, 0.15) is 18.4 Å². The zero-order chi connectivity index (χ0) is 28.1. The number of nitrogens with one attached hydrogen (secondary N) is 1. The van der Waals surface area contributed by atoms with Crippen LogP contribution in [0.15, 0.2) is 33.5 Å². The number of rotatable bonds is 3. The summed E-state index contributed by atoms with van der Waals surface area (Å²) in [6, 6.07) is -0.927. The summed E-state index contributed by atoms with van der Waals surface area (Å²) in [5.41, 5.74) is -4.80. The minimum Gasteiger partial charge on any atom is -0.325 e. The summed E-state index contributed by atoms with van der Waals surface area (Å²) in [5, 5.41) is 0.631. The standard InChI is InChI=1S/C19H11Cl4F9N4O/c20-7-4-6(17(24,25)26)5-8(21)11(7)36-3-1-2-9-10(14(36)35-15(37)13(22)23)12(18(27,28)29)34-16(33-9)19(30,31)32/h4-5,9,13H,1-3H2,(H,35,37). The summed E-state index contributed by atoms with van der Waals surface area (Å²) in [6.45, 7) is -0.363. The molecule has 1 amide bonds. The fraction of sp³-hybridized carbons (Fsp3) is 0.421. The summed E-state index contributed by atoms with van der Waals surface area (Å²) in [4.78, 5) is 17.3. The number of nitrogens with zero attached hydrogens (tertiary/aromatic N) is 3. The molecule has 1 unspecified atom stereocenters. The van der Waals surface area contributed by atoms with Crippen molar-refractivity contribution in [2.24, 2.45) is 9.98 Å². The number of amides is 1. The molecule has 18 heteroatoms. The number of fused-ring (bicyclic) bond motifs is 1. The van der Waals surface area contributed by atoms with Crippen LogP contribution in [-0.4, -0.2) is 47.2 Å². The first-order chi connectivity index (χ1) is 16.8. The van der Waals surface area contributed by atoms with E-state index in [1.54, 1.807) is 0 Å². The Morgan fingerprint density at radius 1 is 0.973 bits per heavy atom. The molecule has 1 aromatic carbocycles. The van der Waals surface area contributed by atoms with Crippen LogP contribution in [0.2, 0.25) is 10.0 Å². The smallest absolute Gasteiger partial charge is 0.325 e. The van der Waals surface area contributed by atoms with Gasteiger partial charge in [-0.3, -0.25) is 9.79 Å². The van der Waals surface area contributed by atoms with Gasteiger partial charge in [0.25, 0.3) is 5.91 Å². The van der Waals surface area contributed by atoms with Crippen molar-refractivity contribution in [3.8, 4) is 0 Å². The van der Waals surface area contributed by atoms with E-state index in [0.29, 0.717) is 12.1 Å². The SMILES string of the molecule is O=C(NC1=C2C(C(F)(F)F)=NC(C(F)(F)F)=NC2CCCN1c1c(Cl)cc(C(F)(F)F)cc1Cl)C(Cl)Cl. The normalized spacial score (nSPS) is 19.4. The Kier molecular flexibility index (Phi) is 8.29. The Bertz CT molecular complexity index is 1170. The van der Waals surface area contributed by atoms with Crippen LogP contribution in [0, 0.1) is 0 Å². The first kappa shape index (κ1) is 29.7. The van der Waals surface area contributed by atoms with E-state index in [1.807, 2.05) is 5.32 Å². The molecule has 2 aliphatic rings. The highest BCUT2D eigenvalue weighted by Gasteiger charge is 2.50. The number of hydrogen-bond donors (Lipinski definition) is 1. The maximum atomic E-state index is 14.0. The van der Waals surface area contributed by atoms with Gasteiger partial charge in [-0.05, 0) is 25.0 Å². The fourth-order valence-electron chi connectivity index (χ4n) is 3.61. The van der Waals surface area contributed by atoms with Gasteiger partial charge in [0.2, 0.25) is 5.84 Å². The van der Waals surface area contributed by atoms with Crippen LogP contribution in [-0.2, 0) is 11.0 Å². The Morgan fingerprint density at radius 2 is 1.54 bits per heavy atom. The van der Waals surface area contributed by atoms with E-state index in [9.17, 15) is 44.3 Å². The number of carbonyl (C=O) groups is 1. The van der Waals surface area contributed by atoms with E-state index in [0.717, 1.165) is 4.90 Å². The summed E-state index contributed by atoms with van der Waals surface area (Å²) >= 11 is 23.1. The molecule has 204 valence electrons. The van der Waals surface area contributed by atoms with E-state index in [2.05, 4.69) is 9.98 Å². The van der Waals surface area contributed by atoms with Crippen LogP contribution in [0.5, 0.6) is 0 Å². The van der Waals surface area contributed by atoms with Gasteiger partial charge in [0.1, 0.15) is 5.82 Å². The van der Waals surface area contributed by atoms with E-state index < -0.39 is 86.0 Å². The van der Waals surface area contributed by atoms with Crippen LogP contribution in [0.25, 0.3) is 0 Å². The number of aliphatic imine (C=N–C) groups is 2. The van der Waals surface area contributed by atoms with E-state index in [-0.39, 0.29) is 13.0 Å². The molecule has 37 heavy (non-hydrogen) atoms. The molecule has 5 nitrogen and oxygen atoms in total. The quantitative estimate of drug-likeness (QED) is 0.289. The number of anilines is 1. The van der Waals surface area contributed by atoms with Crippen LogP contribution in [0.4, 0.5) is 45.2 Å². The summed E-state index contributed by atoms with van der Waals surface area (Å²) in [6.07, 6.45) is -16.3. The number of amidine groups is 1. The third kappa shape index (κ3) is 6.40. The van der Waals surface area contributed by atoms with Gasteiger partial charge in [-0.15, -0.1) is 0 Å². The van der Waals surface area contributed by atoms with Crippen molar-refractivity contribution in [1.82, 2.24) is 5.32 Å². The third-order valence-corrected chi connectivity index (χ3v) is 6.02. The number of halogens is 13. The van der Waals surface area contributed by atoms with E-state index >= 15 is 0 Å². The molecule has 3 rings (SSSR count). The molecule has 0 fully saturated rings. The average Bonchev–Trinajstić information content (AvgIpc) is 2.90. The molecular weight excluding hydrogens is 613 g/mol. The zero-order valence-electron chi connectivity index (χ0n) is 17.6. The maximum Gasteiger partial charge on any atom is 0.451 e. The average molecular weight is 624 g/mol. The second-order valence-electron chi connectivity index (χ2n) is 7.56. The highest BCUT2D eigenvalue weighted by Crippen LogP contribution is 2.44.